The van der Waals surface area contributed by atoms with Gasteiger partial charge in [-0.3, -0.25) is 0 Å². The van der Waals surface area contributed by atoms with Crippen molar-refractivity contribution in [3.63, 3.8) is 0 Å². The molecule has 0 atom stereocenters. The molecule has 2 aromatic carbocycles. The number of hydrogen-bond acceptors (Lipinski definition) is 1. The van der Waals surface area contributed by atoms with E-state index in [9.17, 15) is 4.79 Å². The Morgan fingerprint density at radius 2 is 1.74 bits per heavy atom. The molecular formula is C15H15ClN2O. The highest BCUT2D eigenvalue weighted by molar-refractivity contribution is 6.33. The van der Waals surface area contributed by atoms with E-state index < -0.39 is 0 Å². The van der Waals surface area contributed by atoms with Crippen LogP contribution in [0.2, 0.25) is 5.02 Å². The zero-order chi connectivity index (χ0) is 13.7. The van der Waals surface area contributed by atoms with Gasteiger partial charge < -0.3 is 10.6 Å². The molecule has 0 aliphatic heterocycles. The van der Waals surface area contributed by atoms with Gasteiger partial charge in [0.1, 0.15) is 0 Å². The monoisotopic (exact) mass is 274 g/mol. The van der Waals surface area contributed by atoms with Gasteiger partial charge in [-0.25, -0.2) is 4.79 Å². The second kappa shape index (κ2) is 6.25. The standard InChI is InChI=1S/C15H15ClN2O/c1-2-11-7-9-12(10-8-11)17-15(19)18-14-6-4-3-5-13(14)16/h3-10H,2H2,1H3,(H2,17,18,19). The summed E-state index contributed by atoms with van der Waals surface area (Å²) in [5.41, 5.74) is 2.57. The Bertz CT molecular complexity index is 567. The number of aryl methyl sites for hydroxylation is 1. The smallest absolute Gasteiger partial charge is 0.308 e. The fourth-order valence-corrected chi connectivity index (χ4v) is 1.85. The van der Waals surface area contributed by atoms with Gasteiger partial charge in [0.05, 0.1) is 10.7 Å². The summed E-state index contributed by atoms with van der Waals surface area (Å²) in [6, 6.07) is 14.5. The number of para-hydroxylation sites is 1. The zero-order valence-corrected chi connectivity index (χ0v) is 11.4. The number of hydrogen-bond donors (Lipinski definition) is 2. The molecule has 0 bridgehead atoms. The van der Waals surface area contributed by atoms with Crippen molar-refractivity contribution in [3.8, 4) is 0 Å². The lowest BCUT2D eigenvalue weighted by Gasteiger charge is -2.09. The first-order chi connectivity index (χ1) is 9.19. The fraction of sp³-hybridized carbons (Fsp3) is 0.133. The molecule has 0 aromatic heterocycles. The predicted octanol–water partition coefficient (Wildman–Crippen LogP) is 4.55. The van der Waals surface area contributed by atoms with Crippen LogP contribution in [0.4, 0.5) is 16.2 Å². The molecule has 0 aliphatic rings. The molecule has 0 saturated heterocycles. The molecule has 2 aromatic rings. The van der Waals surface area contributed by atoms with E-state index in [0.29, 0.717) is 10.7 Å². The van der Waals surface area contributed by atoms with E-state index in [4.69, 9.17) is 11.6 Å². The predicted molar refractivity (Wildman–Crippen MR) is 79.9 cm³/mol. The van der Waals surface area contributed by atoms with Crippen LogP contribution in [0.15, 0.2) is 48.5 Å². The number of anilines is 2. The maximum atomic E-state index is 11.8. The van der Waals surface area contributed by atoms with Gasteiger partial charge >= 0.3 is 6.03 Å². The summed E-state index contributed by atoms with van der Waals surface area (Å²) in [6.45, 7) is 2.09. The largest absolute Gasteiger partial charge is 0.323 e. The Balaban J connectivity index is 1.99. The number of amides is 2. The lowest BCUT2D eigenvalue weighted by molar-refractivity contribution is 0.262. The summed E-state index contributed by atoms with van der Waals surface area (Å²) in [4.78, 5) is 11.8. The zero-order valence-electron chi connectivity index (χ0n) is 10.6. The Morgan fingerprint density at radius 1 is 1.05 bits per heavy atom. The average Bonchev–Trinajstić information content (AvgIpc) is 2.42. The molecule has 2 rings (SSSR count). The van der Waals surface area contributed by atoms with Gasteiger partial charge in [0.25, 0.3) is 0 Å². The molecule has 0 radical (unpaired) electrons. The van der Waals surface area contributed by atoms with Gasteiger partial charge in [0, 0.05) is 5.69 Å². The van der Waals surface area contributed by atoms with E-state index in [1.54, 1.807) is 12.1 Å². The van der Waals surface area contributed by atoms with Gasteiger partial charge in [-0.05, 0) is 36.2 Å². The van der Waals surface area contributed by atoms with Crippen LogP contribution in [0.1, 0.15) is 12.5 Å². The maximum Gasteiger partial charge on any atom is 0.323 e. The van der Waals surface area contributed by atoms with Crippen molar-refractivity contribution >= 4 is 29.0 Å². The van der Waals surface area contributed by atoms with Gasteiger partial charge in [-0.15, -0.1) is 0 Å². The minimum atomic E-state index is -0.308. The van der Waals surface area contributed by atoms with E-state index in [1.807, 2.05) is 36.4 Å². The second-order valence-corrected chi connectivity index (χ2v) is 4.52. The van der Waals surface area contributed by atoms with Crippen molar-refractivity contribution in [1.82, 2.24) is 0 Å². The number of rotatable bonds is 3. The van der Waals surface area contributed by atoms with Crippen LogP contribution in [0.25, 0.3) is 0 Å². The third-order valence-electron chi connectivity index (χ3n) is 2.74. The number of urea groups is 1. The molecule has 98 valence electrons. The van der Waals surface area contributed by atoms with Crippen molar-refractivity contribution in [2.45, 2.75) is 13.3 Å². The molecule has 4 heteroatoms. The first kappa shape index (κ1) is 13.4. The van der Waals surface area contributed by atoms with Crippen LogP contribution < -0.4 is 10.6 Å². The lowest BCUT2D eigenvalue weighted by atomic mass is 10.1. The summed E-state index contributed by atoms with van der Waals surface area (Å²) in [5, 5.41) is 5.98. The Hall–Kier alpha value is -2.00. The Kier molecular flexibility index (Phi) is 4.42. The number of nitrogens with one attached hydrogen (secondary N) is 2. The third-order valence-corrected chi connectivity index (χ3v) is 3.07. The molecule has 0 heterocycles. The van der Waals surface area contributed by atoms with Crippen LogP contribution in [0.3, 0.4) is 0 Å². The lowest BCUT2D eigenvalue weighted by Crippen LogP contribution is -2.19. The molecule has 0 spiro atoms. The van der Waals surface area contributed by atoms with E-state index >= 15 is 0 Å². The highest BCUT2D eigenvalue weighted by Gasteiger charge is 2.05. The molecule has 2 N–H and O–H groups in total. The number of carbonyl (C=O) groups excluding carboxylic acids is 1. The van der Waals surface area contributed by atoms with Gasteiger partial charge in [0.15, 0.2) is 0 Å². The quantitative estimate of drug-likeness (QED) is 0.847. The van der Waals surface area contributed by atoms with Crippen LogP contribution in [0, 0.1) is 0 Å². The van der Waals surface area contributed by atoms with Crippen LogP contribution in [0.5, 0.6) is 0 Å². The SMILES string of the molecule is CCc1ccc(NC(=O)Nc2ccccc2Cl)cc1. The molecule has 0 saturated carbocycles. The molecule has 3 nitrogen and oxygen atoms in total. The maximum absolute atomic E-state index is 11.8. The van der Waals surface area contributed by atoms with E-state index in [0.717, 1.165) is 12.1 Å². The Labute approximate surface area is 117 Å². The average molecular weight is 275 g/mol. The van der Waals surface area contributed by atoms with Crippen molar-refractivity contribution in [2.24, 2.45) is 0 Å². The molecule has 19 heavy (non-hydrogen) atoms. The molecular weight excluding hydrogens is 260 g/mol. The second-order valence-electron chi connectivity index (χ2n) is 4.11. The number of carbonyl (C=O) groups is 1. The summed E-state index contributed by atoms with van der Waals surface area (Å²) >= 11 is 5.97. The molecule has 0 unspecified atom stereocenters. The summed E-state index contributed by atoms with van der Waals surface area (Å²) in [7, 11) is 0. The van der Waals surface area contributed by atoms with Crippen LogP contribution in [-0.4, -0.2) is 6.03 Å². The number of benzene rings is 2. The van der Waals surface area contributed by atoms with Crippen molar-refractivity contribution < 1.29 is 4.79 Å². The van der Waals surface area contributed by atoms with Crippen LogP contribution >= 0.6 is 11.6 Å². The van der Waals surface area contributed by atoms with Crippen molar-refractivity contribution in [1.29, 1.82) is 0 Å². The van der Waals surface area contributed by atoms with Gasteiger partial charge in [0.2, 0.25) is 0 Å². The summed E-state index contributed by atoms with van der Waals surface area (Å²) < 4.78 is 0. The van der Waals surface area contributed by atoms with E-state index in [1.165, 1.54) is 5.56 Å². The summed E-state index contributed by atoms with van der Waals surface area (Å²) in [5.74, 6) is 0. The molecule has 0 fully saturated rings. The van der Waals surface area contributed by atoms with Crippen molar-refractivity contribution in [2.75, 3.05) is 10.6 Å². The first-order valence-corrected chi connectivity index (χ1v) is 6.48. The van der Waals surface area contributed by atoms with E-state index in [2.05, 4.69) is 17.6 Å². The fourth-order valence-electron chi connectivity index (χ4n) is 1.67. The number of halogens is 1. The van der Waals surface area contributed by atoms with Crippen molar-refractivity contribution in [3.05, 3.63) is 59.1 Å². The van der Waals surface area contributed by atoms with E-state index in [-0.39, 0.29) is 6.03 Å². The van der Waals surface area contributed by atoms with Gasteiger partial charge in [-0.1, -0.05) is 42.8 Å². The normalized spacial score (nSPS) is 10.0. The highest BCUT2D eigenvalue weighted by atomic mass is 35.5. The first-order valence-electron chi connectivity index (χ1n) is 6.10. The summed E-state index contributed by atoms with van der Waals surface area (Å²) in [6.07, 6.45) is 0.978. The third kappa shape index (κ3) is 3.73. The highest BCUT2D eigenvalue weighted by Crippen LogP contribution is 2.20. The Morgan fingerprint density at radius 3 is 2.37 bits per heavy atom. The minimum Gasteiger partial charge on any atom is -0.308 e. The van der Waals surface area contributed by atoms with Crippen LogP contribution in [-0.2, 0) is 6.42 Å². The van der Waals surface area contributed by atoms with Gasteiger partial charge in [-0.2, -0.15) is 0 Å². The topological polar surface area (TPSA) is 41.1 Å². The minimum absolute atomic E-state index is 0.308. The molecule has 0 aliphatic carbocycles. The molecule has 2 amide bonds.